The van der Waals surface area contributed by atoms with Gasteiger partial charge in [0.2, 0.25) is 0 Å². The Labute approximate surface area is 177 Å². The molecule has 2 aromatic carbocycles. The number of esters is 1. The Morgan fingerprint density at radius 1 is 1.13 bits per heavy atom. The van der Waals surface area contributed by atoms with E-state index in [9.17, 15) is 4.79 Å². The van der Waals surface area contributed by atoms with Crippen molar-refractivity contribution >= 4 is 45.1 Å². The number of ether oxygens (including phenoxy) is 2. The van der Waals surface area contributed by atoms with Crippen LogP contribution < -0.4 is 10.1 Å². The van der Waals surface area contributed by atoms with Gasteiger partial charge < -0.3 is 14.8 Å². The third-order valence-corrected chi connectivity index (χ3v) is 5.19. The van der Waals surface area contributed by atoms with Gasteiger partial charge in [0, 0.05) is 34.7 Å². The van der Waals surface area contributed by atoms with Crippen molar-refractivity contribution in [2.75, 3.05) is 12.4 Å². The molecule has 1 N–H and O–H groups in total. The van der Waals surface area contributed by atoms with Crippen LogP contribution in [0, 0.1) is 6.92 Å². The highest BCUT2D eigenvalue weighted by Crippen LogP contribution is 2.33. The highest BCUT2D eigenvalue weighted by molar-refractivity contribution is 7.13. The maximum Gasteiger partial charge on any atom is 0.330 e. The van der Waals surface area contributed by atoms with Crippen molar-refractivity contribution in [2.45, 2.75) is 6.92 Å². The van der Waals surface area contributed by atoms with Gasteiger partial charge in [-0.25, -0.2) is 14.8 Å². The molecule has 4 aromatic rings. The third kappa shape index (κ3) is 4.47. The fraction of sp³-hybridized carbons (Fsp3) is 0.0870. The van der Waals surface area contributed by atoms with E-state index in [1.165, 1.54) is 24.5 Å². The summed E-state index contributed by atoms with van der Waals surface area (Å²) in [7, 11) is 1.33. The number of aryl methyl sites for hydroxylation is 1. The lowest BCUT2D eigenvalue weighted by Crippen LogP contribution is -1.97. The molecule has 6 nitrogen and oxygen atoms in total. The SMILES string of the molecule is COC(=O)/C=C/c1cnc(Nc2nc(C)cs2)cc1Oc1cccc2ccccc12. The van der Waals surface area contributed by atoms with Crippen LogP contribution in [0.2, 0.25) is 0 Å². The molecule has 2 heterocycles. The Hall–Kier alpha value is -3.71. The maximum atomic E-state index is 11.6. The summed E-state index contributed by atoms with van der Waals surface area (Å²) in [6, 6.07) is 15.7. The van der Waals surface area contributed by atoms with E-state index < -0.39 is 5.97 Å². The summed E-state index contributed by atoms with van der Waals surface area (Å²) >= 11 is 1.50. The van der Waals surface area contributed by atoms with Gasteiger partial charge in [-0.2, -0.15) is 0 Å². The molecule has 2 aromatic heterocycles. The Balaban J connectivity index is 1.72. The quantitative estimate of drug-likeness (QED) is 0.319. The highest BCUT2D eigenvalue weighted by atomic mass is 32.1. The zero-order valence-electron chi connectivity index (χ0n) is 16.5. The van der Waals surface area contributed by atoms with Crippen LogP contribution in [-0.4, -0.2) is 23.0 Å². The standard InChI is InChI=1S/C23H19N3O3S/c1-15-14-30-23(25-15)26-21-12-20(17(13-24-21)10-11-22(27)28-2)29-19-9-5-7-16-6-3-4-8-18(16)19/h3-14H,1-2H3,(H,24,25,26)/b11-10+. The van der Waals surface area contributed by atoms with Gasteiger partial charge in [0.05, 0.1) is 12.8 Å². The number of carbonyl (C=O) groups excluding carboxylic acids is 1. The second-order valence-corrected chi connectivity index (χ2v) is 7.32. The van der Waals surface area contributed by atoms with E-state index in [-0.39, 0.29) is 0 Å². The van der Waals surface area contributed by atoms with Crippen molar-refractivity contribution in [2.24, 2.45) is 0 Å². The van der Waals surface area contributed by atoms with Crippen LogP contribution in [0.5, 0.6) is 11.5 Å². The first-order valence-corrected chi connectivity index (χ1v) is 10.1. The Morgan fingerprint density at radius 3 is 2.77 bits per heavy atom. The molecule has 0 unspecified atom stereocenters. The van der Waals surface area contributed by atoms with Gasteiger partial charge in [-0.15, -0.1) is 11.3 Å². The molecule has 0 saturated heterocycles. The number of carbonyl (C=O) groups is 1. The summed E-state index contributed by atoms with van der Waals surface area (Å²) < 4.78 is 11.0. The number of fused-ring (bicyclic) bond motifs is 1. The minimum atomic E-state index is -0.452. The molecule has 0 bridgehead atoms. The monoisotopic (exact) mass is 417 g/mol. The molecule has 0 aliphatic carbocycles. The predicted octanol–water partition coefficient (Wildman–Crippen LogP) is 5.72. The lowest BCUT2D eigenvalue weighted by Gasteiger charge is -2.13. The Kier molecular flexibility index (Phi) is 5.72. The molecule has 4 rings (SSSR count). The van der Waals surface area contributed by atoms with E-state index in [0.717, 1.165) is 21.6 Å². The maximum absolute atomic E-state index is 11.6. The van der Waals surface area contributed by atoms with Gasteiger partial charge in [-0.05, 0) is 24.5 Å². The molecule has 0 aliphatic rings. The number of aromatic nitrogens is 2. The summed E-state index contributed by atoms with van der Waals surface area (Å²) in [6.07, 6.45) is 4.60. The van der Waals surface area contributed by atoms with Crippen LogP contribution in [0.4, 0.5) is 10.9 Å². The molecule has 30 heavy (non-hydrogen) atoms. The zero-order chi connectivity index (χ0) is 20.9. The minimum Gasteiger partial charge on any atom is -0.466 e. The van der Waals surface area contributed by atoms with Crippen LogP contribution in [0.3, 0.4) is 0 Å². The summed E-state index contributed by atoms with van der Waals surface area (Å²) in [5, 5.41) is 7.96. The molecule has 150 valence electrons. The molecule has 0 amide bonds. The first-order valence-electron chi connectivity index (χ1n) is 9.23. The van der Waals surface area contributed by atoms with E-state index in [0.29, 0.717) is 22.9 Å². The minimum absolute atomic E-state index is 0.452. The van der Waals surface area contributed by atoms with Crippen LogP contribution in [0.15, 0.2) is 66.2 Å². The second kappa shape index (κ2) is 8.75. The fourth-order valence-corrected chi connectivity index (χ4v) is 3.57. The van der Waals surface area contributed by atoms with Crippen LogP contribution in [-0.2, 0) is 9.53 Å². The van der Waals surface area contributed by atoms with Gasteiger partial charge in [0.1, 0.15) is 17.3 Å². The normalized spacial score (nSPS) is 11.0. The Bertz CT molecular complexity index is 1230. The molecule has 0 saturated carbocycles. The van der Waals surface area contributed by atoms with Crippen LogP contribution in [0.25, 0.3) is 16.8 Å². The Morgan fingerprint density at radius 2 is 1.97 bits per heavy atom. The topological polar surface area (TPSA) is 73.3 Å². The number of hydrogen-bond donors (Lipinski definition) is 1. The number of hydrogen-bond acceptors (Lipinski definition) is 7. The van der Waals surface area contributed by atoms with Gasteiger partial charge in [-0.1, -0.05) is 36.4 Å². The molecule has 0 aliphatic heterocycles. The summed E-state index contributed by atoms with van der Waals surface area (Å²) in [6.45, 7) is 1.94. The van der Waals surface area contributed by atoms with Crippen molar-refractivity contribution in [1.82, 2.24) is 9.97 Å². The summed E-state index contributed by atoms with van der Waals surface area (Å²) in [5.74, 6) is 1.40. The van der Waals surface area contributed by atoms with Crippen LogP contribution >= 0.6 is 11.3 Å². The van der Waals surface area contributed by atoms with Crippen molar-refractivity contribution in [3.8, 4) is 11.5 Å². The van der Waals surface area contributed by atoms with E-state index in [1.54, 1.807) is 18.3 Å². The van der Waals surface area contributed by atoms with Gasteiger partial charge in [0.25, 0.3) is 0 Å². The van der Waals surface area contributed by atoms with Gasteiger partial charge in [-0.3, -0.25) is 0 Å². The van der Waals surface area contributed by atoms with Gasteiger partial charge >= 0.3 is 5.97 Å². The van der Waals surface area contributed by atoms with E-state index in [4.69, 9.17) is 4.74 Å². The van der Waals surface area contributed by atoms with Crippen LogP contribution in [0.1, 0.15) is 11.3 Å². The number of nitrogens with zero attached hydrogens (tertiary/aromatic N) is 2. The van der Waals surface area contributed by atoms with Crippen molar-refractivity contribution in [1.29, 1.82) is 0 Å². The first kappa shape index (κ1) is 19.6. The van der Waals surface area contributed by atoms with E-state index in [1.807, 2.05) is 54.8 Å². The number of nitrogens with one attached hydrogen (secondary N) is 1. The van der Waals surface area contributed by atoms with Gasteiger partial charge in [0.15, 0.2) is 5.13 Å². The first-order chi connectivity index (χ1) is 14.6. The number of anilines is 2. The lowest BCUT2D eigenvalue weighted by atomic mass is 10.1. The second-order valence-electron chi connectivity index (χ2n) is 6.46. The molecular weight excluding hydrogens is 398 g/mol. The average molecular weight is 417 g/mol. The fourth-order valence-electron chi connectivity index (χ4n) is 2.88. The number of methoxy groups -OCH3 is 1. The van der Waals surface area contributed by atoms with E-state index >= 15 is 0 Å². The number of benzene rings is 2. The molecule has 0 spiro atoms. The van der Waals surface area contributed by atoms with E-state index in [2.05, 4.69) is 20.0 Å². The molecule has 7 heteroatoms. The summed E-state index contributed by atoms with van der Waals surface area (Å²) in [5.41, 5.74) is 1.58. The van der Waals surface area contributed by atoms with Crippen molar-refractivity contribution in [3.05, 3.63) is 77.4 Å². The summed E-state index contributed by atoms with van der Waals surface area (Å²) in [4.78, 5) is 20.4. The zero-order valence-corrected chi connectivity index (χ0v) is 17.3. The highest BCUT2D eigenvalue weighted by Gasteiger charge is 2.10. The molecular formula is C23H19N3O3S. The largest absolute Gasteiger partial charge is 0.466 e. The molecule has 0 radical (unpaired) electrons. The average Bonchev–Trinajstić information content (AvgIpc) is 3.17. The predicted molar refractivity (Wildman–Crippen MR) is 119 cm³/mol. The number of thiazole rings is 1. The number of rotatable bonds is 6. The third-order valence-electron chi connectivity index (χ3n) is 4.32. The van der Waals surface area contributed by atoms with Crippen molar-refractivity contribution < 1.29 is 14.3 Å². The van der Waals surface area contributed by atoms with Crippen molar-refractivity contribution in [3.63, 3.8) is 0 Å². The molecule has 0 fully saturated rings. The lowest BCUT2D eigenvalue weighted by molar-refractivity contribution is -0.134. The molecule has 0 atom stereocenters. The number of pyridine rings is 1. The smallest absolute Gasteiger partial charge is 0.330 e.